The molecule has 2 N–H and O–H groups in total. The first-order valence-electron chi connectivity index (χ1n) is 26.2. The summed E-state index contributed by atoms with van der Waals surface area (Å²) in [6.45, 7) is 50.6. The zero-order valence-corrected chi connectivity index (χ0v) is 50.7. The van der Waals surface area contributed by atoms with E-state index >= 15 is 0 Å². The first-order valence-corrected chi connectivity index (χ1v) is 26.2. The summed E-state index contributed by atoms with van der Waals surface area (Å²) in [7, 11) is 3.42. The van der Waals surface area contributed by atoms with Crippen molar-refractivity contribution in [3.05, 3.63) is 200 Å². The van der Waals surface area contributed by atoms with Gasteiger partial charge in [-0.25, -0.2) is 0 Å². The third kappa shape index (κ3) is 26.0. The molecule has 4 heteroatoms. The van der Waals surface area contributed by atoms with E-state index in [1.807, 2.05) is 30.3 Å². The molecular formula is C71H110O4. The molecule has 0 aliphatic carbocycles. The van der Waals surface area contributed by atoms with Crippen LogP contribution in [0.5, 0.6) is 11.5 Å². The summed E-state index contributed by atoms with van der Waals surface area (Å²) >= 11 is 0. The predicted molar refractivity (Wildman–Crippen MR) is 333 cm³/mol. The van der Waals surface area contributed by atoms with Gasteiger partial charge in [0.2, 0.25) is 0 Å². The van der Waals surface area contributed by atoms with E-state index in [0.29, 0.717) is 5.41 Å². The second-order valence-electron chi connectivity index (χ2n) is 25.7. The maximum Gasteiger partial charge on any atom is 0.122 e. The van der Waals surface area contributed by atoms with E-state index in [2.05, 4.69) is 256 Å². The van der Waals surface area contributed by atoms with Gasteiger partial charge in [-0.15, -0.1) is 0 Å². The Labute approximate surface area is 462 Å². The molecule has 4 nitrogen and oxygen atoms in total. The Morgan fingerprint density at radius 3 is 1.19 bits per heavy atom. The normalized spacial score (nSPS) is 11.3. The number of aliphatic hydroxyl groups is 2. The molecule has 6 rings (SSSR count). The maximum absolute atomic E-state index is 9.05. The quantitative estimate of drug-likeness (QED) is 0.185. The van der Waals surface area contributed by atoms with Crippen LogP contribution < -0.4 is 9.47 Å². The molecule has 0 aliphatic rings. The highest BCUT2D eigenvalue weighted by molar-refractivity contribution is 5.43. The van der Waals surface area contributed by atoms with E-state index < -0.39 is 0 Å². The van der Waals surface area contributed by atoms with Crippen LogP contribution in [0.1, 0.15) is 212 Å². The van der Waals surface area contributed by atoms with Crippen molar-refractivity contribution >= 4 is 0 Å². The van der Waals surface area contributed by atoms with Crippen LogP contribution in [0, 0.1) is 34.6 Å². The lowest BCUT2D eigenvalue weighted by Crippen LogP contribution is -2.13. The van der Waals surface area contributed by atoms with Crippen molar-refractivity contribution in [2.45, 2.75) is 220 Å². The fourth-order valence-electron chi connectivity index (χ4n) is 8.01. The topological polar surface area (TPSA) is 58.9 Å². The fraction of sp³-hybridized carbons (Fsp3) is 0.493. The third-order valence-corrected chi connectivity index (χ3v) is 12.6. The summed E-state index contributed by atoms with van der Waals surface area (Å²) in [6, 6.07) is 44.2. The zero-order chi connectivity index (χ0) is 56.3. The summed E-state index contributed by atoms with van der Waals surface area (Å²) in [5, 5.41) is 18.1. The molecule has 0 aliphatic heterocycles. The van der Waals surface area contributed by atoms with Crippen LogP contribution in [0.25, 0.3) is 0 Å². The fourth-order valence-corrected chi connectivity index (χ4v) is 8.01. The molecule has 0 fully saturated rings. The summed E-state index contributed by atoms with van der Waals surface area (Å²) in [4.78, 5) is 0. The van der Waals surface area contributed by atoms with E-state index in [-0.39, 0.29) is 55.1 Å². The van der Waals surface area contributed by atoms with Gasteiger partial charge in [0.1, 0.15) is 11.5 Å². The lowest BCUT2D eigenvalue weighted by molar-refractivity contribution is 0.281. The Bertz CT molecular complexity index is 2530. The Morgan fingerprint density at radius 1 is 0.333 bits per heavy atom. The summed E-state index contributed by atoms with van der Waals surface area (Å²) in [5.41, 5.74) is 17.8. The minimum Gasteiger partial charge on any atom is -0.496 e. The van der Waals surface area contributed by atoms with Gasteiger partial charge in [0.15, 0.2) is 0 Å². The zero-order valence-electron chi connectivity index (χ0n) is 50.7. The van der Waals surface area contributed by atoms with Gasteiger partial charge >= 0.3 is 0 Å². The van der Waals surface area contributed by atoms with Crippen molar-refractivity contribution in [2.24, 2.45) is 0 Å². The van der Waals surface area contributed by atoms with Crippen molar-refractivity contribution in [3.8, 4) is 11.5 Å². The summed E-state index contributed by atoms with van der Waals surface area (Å²) in [6.07, 6.45) is 0. The van der Waals surface area contributed by atoms with Gasteiger partial charge < -0.3 is 19.7 Å². The molecule has 0 heterocycles. The average Bonchev–Trinajstić information content (AvgIpc) is 3.28. The molecule has 6 aromatic rings. The van der Waals surface area contributed by atoms with E-state index in [1.54, 1.807) is 14.2 Å². The molecule has 6 aromatic carbocycles. The Hall–Kier alpha value is -5.16. The van der Waals surface area contributed by atoms with Gasteiger partial charge in [-0.3, -0.25) is 0 Å². The molecule has 75 heavy (non-hydrogen) atoms. The Morgan fingerprint density at radius 2 is 0.787 bits per heavy atom. The number of aryl methyl sites for hydroxylation is 4. The molecule has 418 valence electrons. The van der Waals surface area contributed by atoms with E-state index in [9.17, 15) is 0 Å². The van der Waals surface area contributed by atoms with Crippen LogP contribution in [0.3, 0.4) is 0 Å². The highest BCUT2D eigenvalue weighted by atomic mass is 16.5. The highest BCUT2D eigenvalue weighted by Crippen LogP contribution is 2.32. The van der Waals surface area contributed by atoms with Crippen LogP contribution in [0.2, 0.25) is 0 Å². The molecule has 0 unspecified atom stereocenters. The highest BCUT2D eigenvalue weighted by Gasteiger charge is 2.19. The van der Waals surface area contributed by atoms with Crippen LogP contribution in [0.4, 0.5) is 0 Å². The molecule has 0 saturated heterocycles. The molecule has 0 saturated carbocycles. The van der Waals surface area contributed by atoms with Gasteiger partial charge in [0.25, 0.3) is 0 Å². The van der Waals surface area contributed by atoms with Crippen LogP contribution in [-0.2, 0) is 45.7 Å². The number of hydrogen-bond donors (Lipinski definition) is 2. The standard InChI is InChI=1S/4C12H18O.C11H16.C10H14.2CH4/c1-9-5-10(8-13)7-11(6-9)12(2,3)4;1-9-8-10(12(2,3)4)6-7-11(9)13-5;1-9-10(12(2,3)4)7-6-8-11(9)13-5;1-9-5-6-10(8-13)7-11(9)12(2,3)4;1-9-6-5-7-10(8-9)11(2,3)4;1-10(2,3)9-7-5-4-6-8-9;;/h5-7,13H,8H2,1-4H3;2*6-8H,1-5H3;5-7,13H,8H2,1-4H3;5-8H,1-4H3;4-8H,1-3H3;2*1H4. The molecule has 0 atom stereocenters. The number of hydrogen-bond acceptors (Lipinski definition) is 4. The van der Waals surface area contributed by atoms with Gasteiger partial charge in [-0.05, 0) is 140 Å². The number of benzene rings is 6. The van der Waals surface area contributed by atoms with Crippen molar-refractivity contribution in [1.29, 1.82) is 0 Å². The monoisotopic (exact) mass is 1030 g/mol. The van der Waals surface area contributed by atoms with Gasteiger partial charge in [-0.2, -0.15) is 0 Å². The summed E-state index contributed by atoms with van der Waals surface area (Å²) in [5.74, 6) is 1.94. The Balaban J connectivity index is 0. The predicted octanol–water partition coefficient (Wildman–Crippen LogP) is 19.7. The van der Waals surface area contributed by atoms with Crippen molar-refractivity contribution in [1.82, 2.24) is 0 Å². The lowest BCUT2D eigenvalue weighted by atomic mass is 9.83. The number of ether oxygens (including phenoxy) is 2. The van der Waals surface area contributed by atoms with E-state index in [0.717, 1.165) is 22.6 Å². The largest absolute Gasteiger partial charge is 0.496 e. The van der Waals surface area contributed by atoms with E-state index in [4.69, 9.17) is 19.7 Å². The third-order valence-electron chi connectivity index (χ3n) is 12.6. The second-order valence-corrected chi connectivity index (χ2v) is 25.7. The van der Waals surface area contributed by atoms with Crippen molar-refractivity contribution in [3.63, 3.8) is 0 Å². The maximum atomic E-state index is 9.05. The average molecular weight is 1030 g/mol. The van der Waals surface area contributed by atoms with E-state index in [1.165, 1.54) is 61.2 Å². The first kappa shape index (κ1) is 71.9. The number of methoxy groups -OCH3 is 2. The van der Waals surface area contributed by atoms with Crippen LogP contribution in [0.15, 0.2) is 127 Å². The van der Waals surface area contributed by atoms with Gasteiger partial charge in [0.05, 0.1) is 27.4 Å². The molecule has 0 aromatic heterocycles. The molecular weight excluding hydrogens is 917 g/mol. The smallest absolute Gasteiger partial charge is 0.122 e. The van der Waals surface area contributed by atoms with Crippen molar-refractivity contribution < 1.29 is 19.7 Å². The lowest BCUT2D eigenvalue weighted by Gasteiger charge is -2.22. The van der Waals surface area contributed by atoms with Gasteiger partial charge in [0, 0.05) is 0 Å². The Kier molecular flexibility index (Phi) is 29.9. The van der Waals surface area contributed by atoms with Crippen LogP contribution >= 0.6 is 0 Å². The van der Waals surface area contributed by atoms with Crippen molar-refractivity contribution in [2.75, 3.05) is 14.2 Å². The SMILES string of the molecule is C.C.CC(C)(C)c1ccccc1.COc1ccc(C(C)(C)C)cc1C.COc1cccc(C(C)(C)C)c1C.Cc1cc(CO)cc(C(C)(C)C)c1.Cc1ccc(CO)cc1C(C)(C)C.Cc1cccc(C(C)(C)C)c1. The molecule has 0 amide bonds. The molecule has 0 radical (unpaired) electrons. The molecule has 0 bridgehead atoms. The van der Waals surface area contributed by atoms with Gasteiger partial charge in [-0.1, -0.05) is 266 Å². The number of rotatable bonds is 4. The minimum atomic E-state index is 0. The minimum absolute atomic E-state index is 0. The second kappa shape index (κ2) is 31.2. The number of aliphatic hydroxyl groups excluding tert-OH is 2. The molecule has 0 spiro atoms. The van der Waals surface area contributed by atoms with Crippen LogP contribution in [-0.4, -0.2) is 24.4 Å². The first-order chi connectivity index (χ1) is 33.4. The summed E-state index contributed by atoms with van der Waals surface area (Å²) < 4.78 is 10.5.